The van der Waals surface area contributed by atoms with E-state index < -0.39 is 0 Å². The summed E-state index contributed by atoms with van der Waals surface area (Å²) in [6.07, 6.45) is 1.85. The first kappa shape index (κ1) is 19.2. The number of anilines is 1. The van der Waals surface area contributed by atoms with Gasteiger partial charge >= 0.3 is 0 Å². The molecule has 3 aromatic rings. The summed E-state index contributed by atoms with van der Waals surface area (Å²) in [4.78, 5) is 23.9. The van der Waals surface area contributed by atoms with Crippen LogP contribution in [-0.4, -0.2) is 32.2 Å². The third-order valence-corrected chi connectivity index (χ3v) is 5.39. The van der Waals surface area contributed by atoms with Crippen LogP contribution < -0.4 is 4.90 Å². The molecular weight excluding hydrogens is 369 g/mol. The van der Waals surface area contributed by atoms with Gasteiger partial charge in [0.05, 0.1) is 12.1 Å². The Hall–Kier alpha value is -3.09. The van der Waals surface area contributed by atoms with Crippen LogP contribution in [0.4, 0.5) is 10.1 Å². The molecule has 0 saturated carbocycles. The molecule has 6 nitrogen and oxygen atoms in total. The lowest BCUT2D eigenvalue weighted by atomic mass is 10.0. The van der Waals surface area contributed by atoms with Crippen molar-refractivity contribution in [1.82, 2.24) is 19.7 Å². The minimum absolute atomic E-state index is 0.00958. The summed E-state index contributed by atoms with van der Waals surface area (Å²) in [7, 11) is 0. The highest BCUT2D eigenvalue weighted by molar-refractivity contribution is 5.96. The van der Waals surface area contributed by atoms with Gasteiger partial charge in [0.1, 0.15) is 5.82 Å². The van der Waals surface area contributed by atoms with Gasteiger partial charge in [0.2, 0.25) is 5.91 Å². The van der Waals surface area contributed by atoms with E-state index in [0.29, 0.717) is 12.5 Å². The molecule has 0 radical (unpaired) electrons. The minimum atomic E-state index is -0.264. The first-order valence-corrected chi connectivity index (χ1v) is 9.80. The van der Waals surface area contributed by atoms with E-state index in [-0.39, 0.29) is 18.1 Å². The SMILES string of the molecule is Cc1cc(C)nc(-n2nc(C)c(CC(=O)N3CCCc4cc(F)ccc43)c2C)n1. The highest BCUT2D eigenvalue weighted by atomic mass is 19.1. The van der Waals surface area contributed by atoms with Crippen LogP contribution in [0.1, 0.15) is 40.3 Å². The lowest BCUT2D eigenvalue weighted by molar-refractivity contribution is -0.118. The van der Waals surface area contributed by atoms with E-state index >= 15 is 0 Å². The van der Waals surface area contributed by atoms with Gasteiger partial charge in [-0.05, 0) is 70.4 Å². The lowest BCUT2D eigenvalue weighted by Gasteiger charge is -2.29. The molecule has 0 unspecified atom stereocenters. The molecule has 0 saturated heterocycles. The number of aromatic nitrogens is 4. The van der Waals surface area contributed by atoms with Crippen molar-refractivity contribution in [3.05, 3.63) is 64.0 Å². The molecule has 4 rings (SSSR count). The molecule has 3 heterocycles. The van der Waals surface area contributed by atoms with Crippen LogP contribution in [0.3, 0.4) is 0 Å². The molecule has 1 aliphatic rings. The van der Waals surface area contributed by atoms with Crippen molar-refractivity contribution in [2.24, 2.45) is 0 Å². The largest absolute Gasteiger partial charge is 0.312 e. The van der Waals surface area contributed by atoms with Crippen LogP contribution in [0.5, 0.6) is 0 Å². The topological polar surface area (TPSA) is 63.9 Å². The fourth-order valence-corrected chi connectivity index (χ4v) is 4.00. The van der Waals surface area contributed by atoms with Crippen molar-refractivity contribution in [1.29, 1.82) is 0 Å². The van der Waals surface area contributed by atoms with E-state index in [4.69, 9.17) is 0 Å². The molecule has 29 heavy (non-hydrogen) atoms. The molecule has 0 aliphatic carbocycles. The van der Waals surface area contributed by atoms with Gasteiger partial charge in [0, 0.05) is 34.9 Å². The van der Waals surface area contributed by atoms with Crippen LogP contribution in [0, 0.1) is 33.5 Å². The smallest absolute Gasteiger partial charge is 0.251 e. The lowest BCUT2D eigenvalue weighted by Crippen LogP contribution is -2.36. The number of hydrogen-bond donors (Lipinski definition) is 0. The van der Waals surface area contributed by atoms with Crippen LogP contribution >= 0.6 is 0 Å². The van der Waals surface area contributed by atoms with Crippen LogP contribution in [0.2, 0.25) is 0 Å². The van der Waals surface area contributed by atoms with Gasteiger partial charge in [-0.3, -0.25) is 4.79 Å². The number of nitrogens with zero attached hydrogens (tertiary/aromatic N) is 5. The Morgan fingerprint density at radius 3 is 2.55 bits per heavy atom. The number of aryl methyl sites for hydroxylation is 4. The van der Waals surface area contributed by atoms with E-state index in [0.717, 1.165) is 52.4 Å². The van der Waals surface area contributed by atoms with Crippen molar-refractivity contribution in [3.8, 4) is 5.95 Å². The third-order valence-electron chi connectivity index (χ3n) is 5.39. The normalized spacial score (nSPS) is 13.5. The molecule has 0 bridgehead atoms. The van der Waals surface area contributed by atoms with Crippen molar-refractivity contribution < 1.29 is 9.18 Å². The van der Waals surface area contributed by atoms with Crippen LogP contribution in [0.25, 0.3) is 5.95 Å². The standard InChI is InChI=1S/C22H24FN5O/c1-13-10-14(2)25-22(24-13)28-16(4)19(15(3)26-28)12-21(29)27-9-5-6-17-11-18(23)7-8-20(17)27/h7-8,10-11H,5-6,9,12H2,1-4H3. The van der Waals surface area contributed by atoms with Gasteiger partial charge in [0.25, 0.3) is 5.95 Å². The number of carbonyl (C=O) groups excluding carboxylic acids is 1. The van der Waals surface area contributed by atoms with Crippen molar-refractivity contribution >= 4 is 11.6 Å². The Bertz CT molecular complexity index is 1080. The summed E-state index contributed by atoms with van der Waals surface area (Å²) in [6.45, 7) is 8.32. The minimum Gasteiger partial charge on any atom is -0.312 e. The summed E-state index contributed by atoms with van der Waals surface area (Å²) in [5.74, 6) is 0.240. The average Bonchev–Trinajstić information content (AvgIpc) is 2.94. The molecule has 2 aromatic heterocycles. The number of hydrogen-bond acceptors (Lipinski definition) is 4. The van der Waals surface area contributed by atoms with Gasteiger partial charge in [-0.25, -0.2) is 19.0 Å². The summed E-state index contributed by atoms with van der Waals surface area (Å²) in [5.41, 5.74) is 5.96. The maximum absolute atomic E-state index is 13.6. The predicted molar refractivity (Wildman–Crippen MR) is 109 cm³/mol. The van der Waals surface area contributed by atoms with Gasteiger partial charge in [-0.2, -0.15) is 5.10 Å². The number of carbonyl (C=O) groups is 1. The maximum Gasteiger partial charge on any atom is 0.251 e. The molecule has 150 valence electrons. The quantitative estimate of drug-likeness (QED) is 0.683. The molecule has 0 atom stereocenters. The molecule has 0 fully saturated rings. The fraction of sp³-hybridized carbons (Fsp3) is 0.364. The number of rotatable bonds is 3. The van der Waals surface area contributed by atoms with Crippen molar-refractivity contribution in [2.45, 2.75) is 47.0 Å². The second-order valence-corrected chi connectivity index (χ2v) is 7.61. The zero-order valence-electron chi connectivity index (χ0n) is 17.2. The Kier molecular flexibility index (Phi) is 4.90. The summed E-state index contributed by atoms with van der Waals surface area (Å²) in [6, 6.07) is 6.56. The number of benzene rings is 1. The van der Waals surface area contributed by atoms with Gasteiger partial charge in [-0.15, -0.1) is 0 Å². The maximum atomic E-state index is 13.6. The van der Waals surface area contributed by atoms with E-state index in [1.54, 1.807) is 15.6 Å². The number of fused-ring (bicyclic) bond motifs is 1. The zero-order chi connectivity index (χ0) is 20.7. The van der Waals surface area contributed by atoms with Crippen molar-refractivity contribution in [2.75, 3.05) is 11.4 Å². The van der Waals surface area contributed by atoms with Crippen molar-refractivity contribution in [3.63, 3.8) is 0 Å². The molecule has 0 spiro atoms. The summed E-state index contributed by atoms with van der Waals surface area (Å²) >= 11 is 0. The number of amides is 1. The Morgan fingerprint density at radius 2 is 1.83 bits per heavy atom. The second kappa shape index (κ2) is 7.39. The number of halogens is 1. The van der Waals surface area contributed by atoms with E-state index in [2.05, 4.69) is 15.1 Å². The molecule has 1 aromatic carbocycles. The van der Waals surface area contributed by atoms with Crippen LogP contribution in [-0.2, 0) is 17.6 Å². The molecule has 0 N–H and O–H groups in total. The monoisotopic (exact) mass is 393 g/mol. The Balaban J connectivity index is 1.64. The van der Waals surface area contributed by atoms with Gasteiger partial charge in [-0.1, -0.05) is 0 Å². The summed E-state index contributed by atoms with van der Waals surface area (Å²) in [5, 5.41) is 4.59. The molecule has 1 amide bonds. The summed E-state index contributed by atoms with van der Waals surface area (Å²) < 4.78 is 15.3. The Labute approximate surface area is 169 Å². The molecule has 1 aliphatic heterocycles. The highest BCUT2D eigenvalue weighted by Crippen LogP contribution is 2.29. The third kappa shape index (κ3) is 3.64. The van der Waals surface area contributed by atoms with Gasteiger partial charge < -0.3 is 4.90 Å². The predicted octanol–water partition coefficient (Wildman–Crippen LogP) is 3.56. The van der Waals surface area contributed by atoms with Gasteiger partial charge in [0.15, 0.2) is 0 Å². The molecule has 7 heteroatoms. The van der Waals surface area contributed by atoms with E-state index in [9.17, 15) is 9.18 Å². The first-order chi connectivity index (χ1) is 13.8. The van der Waals surface area contributed by atoms with Crippen LogP contribution in [0.15, 0.2) is 24.3 Å². The van der Waals surface area contributed by atoms with E-state index in [1.807, 2.05) is 33.8 Å². The zero-order valence-corrected chi connectivity index (χ0v) is 17.2. The fourth-order valence-electron chi connectivity index (χ4n) is 4.00. The highest BCUT2D eigenvalue weighted by Gasteiger charge is 2.25. The Morgan fingerprint density at radius 1 is 1.10 bits per heavy atom. The first-order valence-electron chi connectivity index (χ1n) is 9.80. The average molecular weight is 393 g/mol. The second-order valence-electron chi connectivity index (χ2n) is 7.61. The van der Waals surface area contributed by atoms with E-state index in [1.165, 1.54) is 12.1 Å². The molecular formula is C22H24FN5O.